The number of hydrazine groups is 1. The molecule has 0 aromatic rings. The van der Waals surface area contributed by atoms with Crippen LogP contribution < -0.4 is 11.3 Å². The molecule has 0 saturated heterocycles. The number of hydrogen-bond donors (Lipinski definition) is 2. The second-order valence-corrected chi connectivity index (χ2v) is 4.91. The number of nitrogens with one attached hydrogen (secondary N) is 1. The molecule has 17 heavy (non-hydrogen) atoms. The van der Waals surface area contributed by atoms with E-state index in [2.05, 4.69) is 51.5 Å². The highest BCUT2D eigenvalue weighted by atomic mass is 15.3. The average Bonchev–Trinajstić information content (AvgIpc) is 2.36. The van der Waals surface area contributed by atoms with Crippen molar-refractivity contribution >= 4 is 0 Å². The second kappa shape index (κ2) is 7.85. The van der Waals surface area contributed by atoms with Crippen molar-refractivity contribution in [3.05, 3.63) is 12.2 Å². The van der Waals surface area contributed by atoms with Gasteiger partial charge in [-0.2, -0.15) is 0 Å². The third kappa shape index (κ3) is 4.09. The Morgan fingerprint density at radius 1 is 1.29 bits per heavy atom. The lowest BCUT2D eigenvalue weighted by Crippen LogP contribution is -2.60. The maximum atomic E-state index is 5.77. The summed E-state index contributed by atoms with van der Waals surface area (Å²) in [6.45, 7) is 17.3. The SMILES string of the molecule is C=C(CC)CC(NN)C(C)(CC)N(CC)CC. The van der Waals surface area contributed by atoms with E-state index in [0.717, 1.165) is 32.4 Å². The largest absolute Gasteiger partial charge is 0.297 e. The molecule has 0 spiro atoms. The number of nitrogens with zero attached hydrogens (tertiary/aromatic N) is 1. The Bertz CT molecular complexity index is 224. The van der Waals surface area contributed by atoms with Crippen molar-refractivity contribution in [2.75, 3.05) is 13.1 Å². The summed E-state index contributed by atoms with van der Waals surface area (Å²) in [7, 11) is 0. The van der Waals surface area contributed by atoms with Crippen LogP contribution >= 0.6 is 0 Å². The van der Waals surface area contributed by atoms with Crippen LogP contribution in [-0.2, 0) is 0 Å². The van der Waals surface area contributed by atoms with Crippen molar-refractivity contribution in [1.29, 1.82) is 0 Å². The Morgan fingerprint density at radius 2 is 1.82 bits per heavy atom. The summed E-state index contributed by atoms with van der Waals surface area (Å²) in [5.41, 5.74) is 4.36. The molecule has 0 radical (unpaired) electrons. The minimum Gasteiger partial charge on any atom is -0.297 e. The van der Waals surface area contributed by atoms with Crippen LogP contribution in [0.25, 0.3) is 0 Å². The molecule has 0 bridgehead atoms. The molecule has 102 valence electrons. The van der Waals surface area contributed by atoms with Gasteiger partial charge in [0.25, 0.3) is 0 Å². The Morgan fingerprint density at radius 3 is 2.12 bits per heavy atom. The molecule has 0 aliphatic carbocycles. The van der Waals surface area contributed by atoms with Crippen LogP contribution in [0.5, 0.6) is 0 Å². The maximum Gasteiger partial charge on any atom is 0.0428 e. The van der Waals surface area contributed by atoms with Crippen LogP contribution in [0.4, 0.5) is 0 Å². The molecule has 3 nitrogen and oxygen atoms in total. The molecule has 3 N–H and O–H groups in total. The monoisotopic (exact) mass is 241 g/mol. The van der Waals surface area contributed by atoms with Crippen molar-refractivity contribution in [2.24, 2.45) is 5.84 Å². The van der Waals surface area contributed by atoms with Crippen molar-refractivity contribution in [3.8, 4) is 0 Å². The highest BCUT2D eigenvalue weighted by Crippen LogP contribution is 2.27. The predicted molar refractivity (Wildman–Crippen MR) is 76.8 cm³/mol. The Hall–Kier alpha value is -0.380. The highest BCUT2D eigenvalue weighted by Gasteiger charge is 2.36. The van der Waals surface area contributed by atoms with E-state index in [-0.39, 0.29) is 11.6 Å². The average molecular weight is 241 g/mol. The predicted octanol–water partition coefficient (Wildman–Crippen LogP) is 2.69. The molecule has 0 aromatic heterocycles. The van der Waals surface area contributed by atoms with Gasteiger partial charge in [-0.25, -0.2) is 0 Å². The van der Waals surface area contributed by atoms with Crippen molar-refractivity contribution in [2.45, 2.75) is 65.5 Å². The molecule has 0 aliphatic rings. The van der Waals surface area contributed by atoms with Gasteiger partial charge in [0.05, 0.1) is 0 Å². The fourth-order valence-corrected chi connectivity index (χ4v) is 2.53. The minimum absolute atomic E-state index is 0.0936. The van der Waals surface area contributed by atoms with Gasteiger partial charge in [0.15, 0.2) is 0 Å². The second-order valence-electron chi connectivity index (χ2n) is 4.91. The zero-order chi connectivity index (χ0) is 13.5. The Kier molecular flexibility index (Phi) is 7.68. The molecular formula is C14H31N3. The number of nitrogens with two attached hydrogens (primary N) is 1. The van der Waals surface area contributed by atoms with E-state index in [9.17, 15) is 0 Å². The van der Waals surface area contributed by atoms with Gasteiger partial charge >= 0.3 is 0 Å². The van der Waals surface area contributed by atoms with Crippen LogP contribution in [0.1, 0.15) is 53.9 Å². The fourth-order valence-electron chi connectivity index (χ4n) is 2.53. The van der Waals surface area contributed by atoms with Gasteiger partial charge in [0, 0.05) is 11.6 Å². The standard InChI is InChI=1S/C14H31N3/c1-7-12(5)11-13(16-15)14(6,8-2)17(9-3)10-4/h13,16H,5,7-11,15H2,1-4,6H3. The van der Waals surface area contributed by atoms with Crippen molar-refractivity contribution in [3.63, 3.8) is 0 Å². The van der Waals surface area contributed by atoms with E-state index in [1.54, 1.807) is 0 Å². The van der Waals surface area contributed by atoms with E-state index in [1.165, 1.54) is 5.57 Å². The fraction of sp³-hybridized carbons (Fsp3) is 0.857. The lowest BCUT2D eigenvalue weighted by atomic mass is 9.83. The summed E-state index contributed by atoms with van der Waals surface area (Å²) in [4.78, 5) is 2.49. The number of rotatable bonds is 9. The molecule has 0 rings (SSSR count). The first-order valence-electron chi connectivity index (χ1n) is 6.87. The van der Waals surface area contributed by atoms with Crippen molar-refractivity contribution in [1.82, 2.24) is 10.3 Å². The highest BCUT2D eigenvalue weighted by molar-refractivity contribution is 5.04. The first-order valence-corrected chi connectivity index (χ1v) is 6.87. The molecule has 0 amide bonds. The van der Waals surface area contributed by atoms with Gasteiger partial charge < -0.3 is 0 Å². The topological polar surface area (TPSA) is 41.3 Å². The van der Waals surface area contributed by atoms with Gasteiger partial charge in [0.2, 0.25) is 0 Å². The zero-order valence-electron chi connectivity index (χ0n) is 12.3. The molecule has 2 unspecified atom stereocenters. The third-order valence-corrected chi connectivity index (χ3v) is 4.15. The van der Waals surface area contributed by atoms with Crippen LogP contribution in [-0.4, -0.2) is 29.6 Å². The molecule has 0 aliphatic heterocycles. The quantitative estimate of drug-likeness (QED) is 0.370. The summed E-state index contributed by atoms with van der Waals surface area (Å²) in [6, 6.07) is 0.264. The third-order valence-electron chi connectivity index (χ3n) is 4.15. The van der Waals surface area contributed by atoms with E-state index in [0.29, 0.717) is 0 Å². The van der Waals surface area contributed by atoms with E-state index >= 15 is 0 Å². The summed E-state index contributed by atoms with van der Waals surface area (Å²) in [5.74, 6) is 5.77. The van der Waals surface area contributed by atoms with Gasteiger partial charge in [-0.1, -0.05) is 39.8 Å². The van der Waals surface area contributed by atoms with Crippen LogP contribution in [0.2, 0.25) is 0 Å². The normalized spacial score (nSPS) is 16.9. The molecule has 0 saturated carbocycles. The lowest BCUT2D eigenvalue weighted by Gasteiger charge is -2.45. The number of likely N-dealkylation sites (N-methyl/N-ethyl adjacent to an activating group) is 1. The van der Waals surface area contributed by atoms with Gasteiger partial charge in [0.1, 0.15) is 0 Å². The molecule has 3 heteroatoms. The number of hydrogen-bond acceptors (Lipinski definition) is 3. The summed E-state index contributed by atoms with van der Waals surface area (Å²) < 4.78 is 0. The Balaban J connectivity index is 4.94. The van der Waals surface area contributed by atoms with Gasteiger partial charge in [-0.05, 0) is 39.3 Å². The molecule has 0 fully saturated rings. The lowest BCUT2D eigenvalue weighted by molar-refractivity contribution is 0.0699. The van der Waals surface area contributed by atoms with Crippen LogP contribution in [0.15, 0.2) is 12.2 Å². The molecule has 2 atom stereocenters. The van der Waals surface area contributed by atoms with Crippen LogP contribution in [0, 0.1) is 0 Å². The van der Waals surface area contributed by atoms with E-state index in [4.69, 9.17) is 5.84 Å². The molecule has 0 aromatic carbocycles. The van der Waals surface area contributed by atoms with E-state index in [1.807, 2.05) is 0 Å². The molecular weight excluding hydrogens is 210 g/mol. The van der Waals surface area contributed by atoms with Crippen molar-refractivity contribution < 1.29 is 0 Å². The molecule has 0 heterocycles. The minimum atomic E-state index is 0.0936. The Labute approximate surface area is 107 Å². The van der Waals surface area contributed by atoms with Gasteiger partial charge in [-0.15, -0.1) is 0 Å². The first kappa shape index (κ1) is 16.6. The zero-order valence-corrected chi connectivity index (χ0v) is 12.3. The smallest absolute Gasteiger partial charge is 0.0428 e. The van der Waals surface area contributed by atoms with Crippen LogP contribution in [0.3, 0.4) is 0 Å². The summed E-state index contributed by atoms with van der Waals surface area (Å²) in [5, 5.41) is 0. The van der Waals surface area contributed by atoms with Gasteiger partial charge in [-0.3, -0.25) is 16.2 Å². The summed E-state index contributed by atoms with van der Waals surface area (Å²) in [6.07, 6.45) is 3.06. The van der Waals surface area contributed by atoms with E-state index < -0.39 is 0 Å². The first-order chi connectivity index (χ1) is 7.99. The summed E-state index contributed by atoms with van der Waals surface area (Å²) >= 11 is 0. The maximum absolute atomic E-state index is 5.77.